The number of hydrogen-bond donors (Lipinski definition) is 0. The molecule has 42 heavy (non-hydrogen) atoms. The number of thioether (sulfide) groups is 1. The number of alkyl halides is 1. The van der Waals surface area contributed by atoms with Gasteiger partial charge in [0, 0.05) is 32.2 Å². The molecule has 0 unspecified atom stereocenters. The molecule has 1 saturated heterocycles. The quantitative estimate of drug-likeness (QED) is 0.179. The first kappa shape index (κ1) is 32.6. The summed E-state index contributed by atoms with van der Waals surface area (Å²) in [5.74, 6) is 1.56. The molecule has 1 aliphatic heterocycles. The third-order valence-corrected chi connectivity index (χ3v) is 11.2. The van der Waals surface area contributed by atoms with E-state index in [1.807, 2.05) is 19.1 Å². The fourth-order valence-electron chi connectivity index (χ4n) is 5.33. The van der Waals surface area contributed by atoms with Crippen LogP contribution in [-0.2, 0) is 16.4 Å². The third kappa shape index (κ3) is 7.78. The van der Waals surface area contributed by atoms with Gasteiger partial charge in [-0.2, -0.15) is 0 Å². The van der Waals surface area contributed by atoms with Gasteiger partial charge in [0.2, 0.25) is 10.0 Å². The van der Waals surface area contributed by atoms with E-state index in [-0.39, 0.29) is 17.5 Å². The van der Waals surface area contributed by atoms with E-state index in [0.717, 1.165) is 65.4 Å². The van der Waals surface area contributed by atoms with Crippen LogP contribution in [-0.4, -0.2) is 53.9 Å². The van der Waals surface area contributed by atoms with Gasteiger partial charge in [0.25, 0.3) is 0 Å². The minimum Gasteiger partial charge on any atom is -0.324 e. The predicted octanol–water partition coefficient (Wildman–Crippen LogP) is 8.05. The van der Waals surface area contributed by atoms with Crippen molar-refractivity contribution in [2.24, 2.45) is 0 Å². The maximum absolute atomic E-state index is 13.4. The number of benzene rings is 1. The SMILES string of the molecule is CCCC=C(SC=C(C)c1ccc(F)cc1)N(C)c1c(CC)nc2ccc(C3CCN(S(=O)(=O)CCCCl)CC3)cn12. The highest BCUT2D eigenvalue weighted by molar-refractivity contribution is 8.06. The highest BCUT2D eigenvalue weighted by atomic mass is 35.5. The minimum absolute atomic E-state index is 0.113. The Labute approximate surface area is 259 Å². The molecule has 2 aromatic heterocycles. The Hall–Kier alpha value is -2.33. The number of nitrogens with zero attached hydrogens (tertiary/aromatic N) is 4. The van der Waals surface area contributed by atoms with E-state index >= 15 is 0 Å². The molecule has 0 amide bonds. The van der Waals surface area contributed by atoms with Gasteiger partial charge in [-0.15, -0.1) is 11.6 Å². The van der Waals surface area contributed by atoms with Crippen LogP contribution in [0.3, 0.4) is 0 Å². The van der Waals surface area contributed by atoms with Crippen molar-refractivity contribution in [2.45, 2.75) is 65.2 Å². The van der Waals surface area contributed by atoms with E-state index < -0.39 is 10.0 Å². The zero-order valence-electron chi connectivity index (χ0n) is 25.0. The van der Waals surface area contributed by atoms with E-state index in [1.54, 1.807) is 16.1 Å². The van der Waals surface area contributed by atoms with Gasteiger partial charge >= 0.3 is 0 Å². The lowest BCUT2D eigenvalue weighted by molar-refractivity contribution is 0.319. The van der Waals surface area contributed by atoms with Crippen molar-refractivity contribution in [3.05, 3.63) is 81.7 Å². The summed E-state index contributed by atoms with van der Waals surface area (Å²) in [7, 11) is -1.16. The summed E-state index contributed by atoms with van der Waals surface area (Å²) in [5, 5.41) is 3.23. The molecule has 228 valence electrons. The largest absolute Gasteiger partial charge is 0.324 e. The van der Waals surface area contributed by atoms with Crippen molar-refractivity contribution in [3.8, 4) is 0 Å². The highest BCUT2D eigenvalue weighted by Crippen LogP contribution is 2.35. The van der Waals surface area contributed by atoms with Gasteiger partial charge in [-0.3, -0.25) is 4.40 Å². The standard InChI is InChI=1S/C32H42ClFN4O2S2/c1-5-7-9-31(41-23-24(3)25-10-13-28(34)14-11-25)36(4)32-29(6-2)35-30-15-12-27(22-38(30)32)26-16-19-37(20-17-26)42(39,40)21-8-18-33/h9-15,22-23,26H,5-8,16-21H2,1-4H3. The number of halogens is 2. The monoisotopic (exact) mass is 632 g/mol. The molecule has 10 heteroatoms. The number of pyridine rings is 1. The molecule has 1 aromatic carbocycles. The molecule has 6 nitrogen and oxygen atoms in total. The Morgan fingerprint density at radius 2 is 1.88 bits per heavy atom. The van der Waals surface area contributed by atoms with Crippen LogP contribution in [0.4, 0.5) is 10.2 Å². The average molecular weight is 633 g/mol. The number of aryl methyl sites for hydroxylation is 1. The van der Waals surface area contributed by atoms with E-state index in [4.69, 9.17) is 16.6 Å². The third-order valence-electron chi connectivity index (χ3n) is 7.79. The van der Waals surface area contributed by atoms with Crippen molar-refractivity contribution in [1.29, 1.82) is 0 Å². The van der Waals surface area contributed by atoms with Crippen LogP contribution in [0.15, 0.2) is 59.1 Å². The number of hydrogen-bond acceptors (Lipinski definition) is 5. The van der Waals surface area contributed by atoms with Gasteiger partial charge < -0.3 is 4.90 Å². The normalized spacial score (nSPS) is 16.0. The summed E-state index contributed by atoms with van der Waals surface area (Å²) in [6.07, 6.45) is 9.30. The Bertz CT molecular complexity index is 1510. The number of anilines is 1. The molecule has 1 fully saturated rings. The summed E-state index contributed by atoms with van der Waals surface area (Å²) < 4.78 is 42.6. The molecule has 1 aliphatic rings. The van der Waals surface area contributed by atoms with Gasteiger partial charge in [0.15, 0.2) is 0 Å². The first-order valence-electron chi connectivity index (χ1n) is 14.8. The second-order valence-electron chi connectivity index (χ2n) is 10.8. The molecule has 0 saturated carbocycles. The number of piperidine rings is 1. The molecule has 0 radical (unpaired) electrons. The highest BCUT2D eigenvalue weighted by Gasteiger charge is 2.29. The van der Waals surface area contributed by atoms with Gasteiger partial charge in [-0.05, 0) is 85.3 Å². The van der Waals surface area contributed by atoms with Crippen molar-refractivity contribution in [3.63, 3.8) is 0 Å². The second-order valence-corrected chi connectivity index (χ2v) is 14.1. The second kappa shape index (κ2) is 14.9. The van der Waals surface area contributed by atoms with Crippen molar-refractivity contribution in [1.82, 2.24) is 13.7 Å². The molecular weight excluding hydrogens is 591 g/mol. The first-order valence-corrected chi connectivity index (χ1v) is 17.8. The van der Waals surface area contributed by atoms with Crippen LogP contribution < -0.4 is 4.90 Å². The summed E-state index contributed by atoms with van der Waals surface area (Å²) in [5.41, 5.74) is 5.19. The zero-order chi connectivity index (χ0) is 30.3. The van der Waals surface area contributed by atoms with E-state index in [0.29, 0.717) is 25.4 Å². The number of fused-ring (bicyclic) bond motifs is 1. The number of rotatable bonds is 13. The molecule has 3 heterocycles. The summed E-state index contributed by atoms with van der Waals surface area (Å²) in [6, 6.07) is 10.8. The Balaban J connectivity index is 1.60. The smallest absolute Gasteiger partial charge is 0.214 e. The molecule has 0 aliphatic carbocycles. The number of imidazole rings is 1. The van der Waals surface area contributed by atoms with Crippen LogP contribution in [0.5, 0.6) is 0 Å². The zero-order valence-corrected chi connectivity index (χ0v) is 27.4. The first-order chi connectivity index (χ1) is 20.2. The summed E-state index contributed by atoms with van der Waals surface area (Å²) in [4.78, 5) is 7.19. The number of allylic oxidation sites excluding steroid dienone is 2. The van der Waals surface area contributed by atoms with Gasteiger partial charge in [0.05, 0.1) is 16.5 Å². The molecule has 3 aromatic rings. The predicted molar refractivity (Wildman–Crippen MR) is 176 cm³/mol. The molecule has 4 rings (SSSR count). The Morgan fingerprint density at radius 3 is 2.52 bits per heavy atom. The summed E-state index contributed by atoms with van der Waals surface area (Å²) in [6.45, 7) is 7.41. The fraction of sp³-hybridized carbons (Fsp3) is 0.469. The van der Waals surface area contributed by atoms with Crippen LogP contribution in [0.25, 0.3) is 11.2 Å². The van der Waals surface area contributed by atoms with Gasteiger partial charge in [-0.25, -0.2) is 22.1 Å². The molecule has 0 spiro atoms. The van der Waals surface area contributed by atoms with Crippen molar-refractivity contribution < 1.29 is 12.8 Å². The van der Waals surface area contributed by atoms with Crippen molar-refractivity contribution >= 4 is 50.4 Å². The fourth-order valence-corrected chi connectivity index (χ4v) is 8.05. The molecular formula is C32H42ClFN4O2S2. The number of sulfonamides is 1. The molecule has 0 atom stereocenters. The van der Waals surface area contributed by atoms with Gasteiger partial charge in [0.1, 0.15) is 17.3 Å². The van der Waals surface area contributed by atoms with Crippen LogP contribution >= 0.6 is 23.4 Å². The number of aromatic nitrogens is 2. The van der Waals surface area contributed by atoms with E-state index in [1.165, 1.54) is 17.7 Å². The molecule has 0 bridgehead atoms. The Kier molecular flexibility index (Phi) is 11.6. The van der Waals surface area contributed by atoms with Crippen LogP contribution in [0, 0.1) is 5.82 Å². The maximum atomic E-state index is 13.4. The minimum atomic E-state index is -3.26. The lowest BCUT2D eigenvalue weighted by atomic mass is 9.91. The maximum Gasteiger partial charge on any atom is 0.214 e. The Morgan fingerprint density at radius 1 is 1.17 bits per heavy atom. The lowest BCUT2D eigenvalue weighted by Crippen LogP contribution is -2.39. The van der Waals surface area contributed by atoms with E-state index in [2.05, 4.69) is 60.0 Å². The topological polar surface area (TPSA) is 57.9 Å². The number of unbranched alkanes of at least 4 members (excludes halogenated alkanes) is 1. The lowest BCUT2D eigenvalue weighted by Gasteiger charge is -2.31. The average Bonchev–Trinajstić information content (AvgIpc) is 3.38. The molecule has 0 N–H and O–H groups in total. The van der Waals surface area contributed by atoms with Crippen LogP contribution in [0.1, 0.15) is 75.6 Å². The van der Waals surface area contributed by atoms with Crippen LogP contribution in [0.2, 0.25) is 0 Å². The van der Waals surface area contributed by atoms with E-state index in [9.17, 15) is 12.8 Å². The van der Waals surface area contributed by atoms with Gasteiger partial charge in [-0.1, -0.05) is 56.3 Å². The summed E-state index contributed by atoms with van der Waals surface area (Å²) >= 11 is 7.40. The van der Waals surface area contributed by atoms with Crippen molar-refractivity contribution in [2.75, 3.05) is 36.7 Å².